The van der Waals surface area contributed by atoms with E-state index < -0.39 is 5.97 Å². The van der Waals surface area contributed by atoms with Gasteiger partial charge in [-0.3, -0.25) is 0 Å². The molecule has 0 bridgehead atoms. The number of carboxylic acid groups (broad SMARTS) is 1. The zero-order valence-corrected chi connectivity index (χ0v) is 7.17. The van der Waals surface area contributed by atoms with Gasteiger partial charge in [0.2, 0.25) is 0 Å². The third-order valence-electron chi connectivity index (χ3n) is 1.44. The molecule has 3 nitrogen and oxygen atoms in total. The molecule has 3 N–H and O–H groups in total. The molecule has 0 radical (unpaired) electrons. The molecule has 1 rings (SSSR count). The van der Waals surface area contributed by atoms with Crippen LogP contribution in [0.25, 0.3) is 0 Å². The molecule has 0 spiro atoms. The van der Waals surface area contributed by atoms with Crippen LogP contribution in [-0.4, -0.2) is 11.1 Å². The van der Waals surface area contributed by atoms with Gasteiger partial charge in [0.1, 0.15) is 0 Å². The van der Waals surface area contributed by atoms with Gasteiger partial charge < -0.3 is 10.8 Å². The summed E-state index contributed by atoms with van der Waals surface area (Å²) >= 11 is 0. The van der Waals surface area contributed by atoms with Crippen LogP contribution in [0.3, 0.4) is 0 Å². The van der Waals surface area contributed by atoms with Gasteiger partial charge >= 0.3 is 5.97 Å². The first-order valence-corrected chi connectivity index (χ1v) is 3.26. The topological polar surface area (TPSA) is 63.3 Å². The number of nitrogens with two attached hydrogens (primary N) is 1. The van der Waals surface area contributed by atoms with Gasteiger partial charge in [0.25, 0.3) is 0 Å². The lowest BCUT2D eigenvalue weighted by Crippen LogP contribution is -1.99. The maximum absolute atomic E-state index is 10.4. The quantitative estimate of drug-likeness (QED) is 0.733. The Labute approximate surface area is 76.6 Å². The first-order valence-electron chi connectivity index (χ1n) is 3.26. The summed E-state index contributed by atoms with van der Waals surface area (Å²) in [6, 6.07) is 6.52. The molecule has 0 heterocycles. The molecular weight excluding hydrogens is 178 g/mol. The molecule has 0 saturated carbocycles. The number of carboxylic acids is 1. The van der Waals surface area contributed by atoms with E-state index >= 15 is 0 Å². The van der Waals surface area contributed by atoms with E-state index in [9.17, 15) is 4.79 Å². The normalized spacial score (nSPS) is 8.75. The predicted octanol–water partition coefficient (Wildman–Crippen LogP) is 1.27. The van der Waals surface area contributed by atoms with Crippen LogP contribution >= 0.6 is 12.4 Å². The summed E-state index contributed by atoms with van der Waals surface area (Å²) in [5.41, 5.74) is 6.56. The molecule has 0 aliphatic rings. The molecule has 1 aromatic carbocycles. The largest absolute Gasteiger partial charge is 0.478 e. The summed E-state index contributed by atoms with van der Waals surface area (Å²) in [6.07, 6.45) is 0. The van der Waals surface area contributed by atoms with Crippen LogP contribution in [0.1, 0.15) is 15.9 Å². The van der Waals surface area contributed by atoms with Gasteiger partial charge in [-0.15, -0.1) is 12.4 Å². The number of rotatable bonds is 2. The fraction of sp³-hybridized carbons (Fsp3) is 0.125. The molecule has 4 heteroatoms. The molecule has 0 atom stereocenters. The van der Waals surface area contributed by atoms with Gasteiger partial charge in [-0.1, -0.05) is 12.1 Å². The van der Waals surface area contributed by atoms with Crippen LogP contribution < -0.4 is 5.73 Å². The van der Waals surface area contributed by atoms with Gasteiger partial charge in [0.15, 0.2) is 0 Å². The summed E-state index contributed by atoms with van der Waals surface area (Å²) in [5.74, 6) is -0.909. The Balaban J connectivity index is 0.00000121. The molecule has 1 aromatic rings. The molecule has 0 aliphatic heterocycles. The van der Waals surface area contributed by atoms with Crippen molar-refractivity contribution in [2.75, 3.05) is 0 Å². The van der Waals surface area contributed by atoms with E-state index in [-0.39, 0.29) is 12.4 Å². The standard InChI is InChI=1S/C8H9NO2.ClH/c9-5-6-1-3-7(4-2-6)8(10)11;/h1-4H,5,9H2,(H,10,11);1H. The Kier molecular flexibility index (Phi) is 4.33. The van der Waals surface area contributed by atoms with Crippen molar-refractivity contribution in [1.29, 1.82) is 0 Å². The number of hydrogen-bond donors (Lipinski definition) is 2. The van der Waals surface area contributed by atoms with Crippen LogP contribution in [-0.2, 0) is 6.54 Å². The van der Waals surface area contributed by atoms with E-state index in [1.54, 1.807) is 24.3 Å². The van der Waals surface area contributed by atoms with Crippen molar-refractivity contribution in [2.45, 2.75) is 6.54 Å². The second kappa shape index (κ2) is 4.74. The fourth-order valence-electron chi connectivity index (χ4n) is 0.783. The Bertz CT molecular complexity index is 258. The molecule has 0 fully saturated rings. The van der Waals surface area contributed by atoms with Gasteiger partial charge in [0, 0.05) is 6.54 Å². The molecule has 0 amide bonds. The van der Waals surface area contributed by atoms with E-state index in [1.807, 2.05) is 0 Å². The SMILES string of the molecule is Cl.NCc1ccc(C(=O)O)cc1. The highest BCUT2D eigenvalue weighted by molar-refractivity contribution is 5.87. The van der Waals surface area contributed by atoms with E-state index in [4.69, 9.17) is 10.8 Å². The van der Waals surface area contributed by atoms with Crippen LogP contribution in [0.15, 0.2) is 24.3 Å². The molecule has 0 saturated heterocycles. The first kappa shape index (κ1) is 10.9. The lowest BCUT2D eigenvalue weighted by Gasteiger charge is -1.96. The van der Waals surface area contributed by atoms with Crippen molar-refractivity contribution in [3.63, 3.8) is 0 Å². The molecular formula is C8H10ClNO2. The Morgan fingerprint density at radius 1 is 1.33 bits per heavy atom. The van der Waals surface area contributed by atoms with E-state index in [1.165, 1.54) is 0 Å². The summed E-state index contributed by atoms with van der Waals surface area (Å²) in [6.45, 7) is 0.444. The maximum atomic E-state index is 10.4. The van der Waals surface area contributed by atoms with Crippen LogP contribution in [0.2, 0.25) is 0 Å². The summed E-state index contributed by atoms with van der Waals surface area (Å²) in [5, 5.41) is 8.52. The zero-order valence-electron chi connectivity index (χ0n) is 6.36. The summed E-state index contributed by atoms with van der Waals surface area (Å²) in [4.78, 5) is 10.4. The number of benzene rings is 1. The smallest absolute Gasteiger partial charge is 0.335 e. The van der Waals surface area contributed by atoms with Gasteiger partial charge in [-0.25, -0.2) is 4.79 Å². The fourth-order valence-corrected chi connectivity index (χ4v) is 0.783. The third-order valence-corrected chi connectivity index (χ3v) is 1.44. The average Bonchev–Trinajstić information content (AvgIpc) is 2.05. The van der Waals surface area contributed by atoms with Crippen molar-refractivity contribution in [3.05, 3.63) is 35.4 Å². The highest BCUT2D eigenvalue weighted by Crippen LogP contribution is 2.02. The minimum absolute atomic E-state index is 0. The monoisotopic (exact) mass is 187 g/mol. The highest BCUT2D eigenvalue weighted by Gasteiger charge is 1.99. The van der Waals surface area contributed by atoms with Crippen LogP contribution in [0.4, 0.5) is 0 Å². The second-order valence-corrected chi connectivity index (χ2v) is 2.21. The van der Waals surface area contributed by atoms with E-state index in [2.05, 4.69) is 0 Å². The van der Waals surface area contributed by atoms with Crippen molar-refractivity contribution in [3.8, 4) is 0 Å². The predicted molar refractivity (Wildman–Crippen MR) is 48.5 cm³/mol. The van der Waals surface area contributed by atoms with Crippen molar-refractivity contribution in [2.24, 2.45) is 5.73 Å². The highest BCUT2D eigenvalue weighted by atomic mass is 35.5. The van der Waals surface area contributed by atoms with Gasteiger partial charge in [-0.2, -0.15) is 0 Å². The molecule has 0 unspecified atom stereocenters. The first-order chi connectivity index (χ1) is 5.24. The second-order valence-electron chi connectivity index (χ2n) is 2.21. The lowest BCUT2D eigenvalue weighted by molar-refractivity contribution is 0.0697. The Morgan fingerprint density at radius 2 is 1.83 bits per heavy atom. The zero-order chi connectivity index (χ0) is 8.27. The molecule has 12 heavy (non-hydrogen) atoms. The van der Waals surface area contributed by atoms with Crippen LogP contribution in [0.5, 0.6) is 0 Å². The molecule has 0 aromatic heterocycles. The van der Waals surface area contributed by atoms with Crippen molar-refractivity contribution < 1.29 is 9.90 Å². The maximum Gasteiger partial charge on any atom is 0.335 e. The number of hydrogen-bond acceptors (Lipinski definition) is 2. The van der Waals surface area contributed by atoms with E-state index in [0.717, 1.165) is 5.56 Å². The van der Waals surface area contributed by atoms with Crippen molar-refractivity contribution >= 4 is 18.4 Å². The van der Waals surface area contributed by atoms with Gasteiger partial charge in [0.05, 0.1) is 5.56 Å². The molecule has 0 aliphatic carbocycles. The number of aromatic carboxylic acids is 1. The lowest BCUT2D eigenvalue weighted by atomic mass is 10.1. The summed E-state index contributed by atoms with van der Waals surface area (Å²) in [7, 11) is 0. The van der Waals surface area contributed by atoms with Crippen molar-refractivity contribution in [1.82, 2.24) is 0 Å². The Morgan fingerprint density at radius 3 is 2.17 bits per heavy atom. The minimum atomic E-state index is -0.909. The minimum Gasteiger partial charge on any atom is -0.478 e. The number of carbonyl (C=O) groups is 1. The van der Waals surface area contributed by atoms with Gasteiger partial charge in [-0.05, 0) is 17.7 Å². The van der Waals surface area contributed by atoms with Crippen LogP contribution in [0, 0.1) is 0 Å². The average molecular weight is 188 g/mol. The third kappa shape index (κ3) is 2.53. The summed E-state index contributed by atoms with van der Waals surface area (Å²) < 4.78 is 0. The van der Waals surface area contributed by atoms with E-state index in [0.29, 0.717) is 12.1 Å². The molecule has 66 valence electrons. The number of halogens is 1. The Hall–Kier alpha value is -1.06.